The van der Waals surface area contributed by atoms with Gasteiger partial charge in [0.1, 0.15) is 12.4 Å². The second-order valence-corrected chi connectivity index (χ2v) is 6.24. The van der Waals surface area contributed by atoms with Gasteiger partial charge >= 0.3 is 0 Å². The standard InChI is InChI=1S/C16H16Cl3NO/c1-10(20)6-11-7-14(18)3-5-16(11)21-9-12-8-13(17)2-4-15(12)19/h2-5,7-8,10H,6,9,20H2,1H3. The highest BCUT2D eigenvalue weighted by Gasteiger charge is 2.09. The summed E-state index contributed by atoms with van der Waals surface area (Å²) in [5, 5.41) is 1.92. The van der Waals surface area contributed by atoms with Crippen LogP contribution in [0.2, 0.25) is 15.1 Å². The van der Waals surface area contributed by atoms with Gasteiger partial charge in [-0.2, -0.15) is 0 Å². The van der Waals surface area contributed by atoms with E-state index in [1.807, 2.05) is 19.1 Å². The van der Waals surface area contributed by atoms with Gasteiger partial charge in [0.25, 0.3) is 0 Å². The first-order chi connectivity index (χ1) is 9.95. The predicted molar refractivity (Wildman–Crippen MR) is 89.6 cm³/mol. The van der Waals surface area contributed by atoms with Gasteiger partial charge in [0, 0.05) is 26.7 Å². The number of hydrogen-bond acceptors (Lipinski definition) is 2. The highest BCUT2D eigenvalue weighted by atomic mass is 35.5. The van der Waals surface area contributed by atoms with Crippen LogP contribution in [0.1, 0.15) is 18.1 Å². The van der Waals surface area contributed by atoms with Crippen LogP contribution in [0.25, 0.3) is 0 Å². The summed E-state index contributed by atoms with van der Waals surface area (Å²) in [4.78, 5) is 0. The Bertz CT molecular complexity index is 629. The van der Waals surface area contributed by atoms with Crippen molar-refractivity contribution in [2.45, 2.75) is 26.0 Å². The summed E-state index contributed by atoms with van der Waals surface area (Å²) in [5.41, 5.74) is 7.68. The van der Waals surface area contributed by atoms with Crippen LogP contribution in [0.3, 0.4) is 0 Å². The van der Waals surface area contributed by atoms with Crippen molar-refractivity contribution in [1.82, 2.24) is 0 Å². The molecule has 2 aromatic rings. The molecule has 0 heterocycles. The summed E-state index contributed by atoms with van der Waals surface area (Å²) >= 11 is 18.1. The Kier molecular flexibility index (Phi) is 5.77. The minimum Gasteiger partial charge on any atom is -0.489 e. The topological polar surface area (TPSA) is 35.2 Å². The third-order valence-corrected chi connectivity index (χ3v) is 3.79. The van der Waals surface area contributed by atoms with E-state index in [-0.39, 0.29) is 6.04 Å². The monoisotopic (exact) mass is 343 g/mol. The zero-order valence-electron chi connectivity index (χ0n) is 11.6. The lowest BCUT2D eigenvalue weighted by molar-refractivity contribution is 0.302. The highest BCUT2D eigenvalue weighted by Crippen LogP contribution is 2.27. The summed E-state index contributed by atoms with van der Waals surface area (Å²) in [6.45, 7) is 2.28. The van der Waals surface area contributed by atoms with E-state index in [2.05, 4.69) is 0 Å². The molecule has 2 aromatic carbocycles. The van der Waals surface area contributed by atoms with Gasteiger partial charge in [0.2, 0.25) is 0 Å². The maximum Gasteiger partial charge on any atom is 0.123 e. The maximum atomic E-state index is 6.13. The molecule has 2 nitrogen and oxygen atoms in total. The maximum absolute atomic E-state index is 6.13. The summed E-state index contributed by atoms with van der Waals surface area (Å²) in [5.74, 6) is 0.757. The van der Waals surface area contributed by atoms with Crippen molar-refractivity contribution in [3.63, 3.8) is 0 Å². The number of ether oxygens (including phenoxy) is 1. The van der Waals surface area contributed by atoms with Crippen molar-refractivity contribution < 1.29 is 4.74 Å². The van der Waals surface area contributed by atoms with Crippen LogP contribution in [0.5, 0.6) is 5.75 Å². The molecule has 0 aliphatic rings. The minimum atomic E-state index is 0.0283. The van der Waals surface area contributed by atoms with Crippen LogP contribution >= 0.6 is 34.8 Å². The fraction of sp³-hybridized carbons (Fsp3) is 0.250. The van der Waals surface area contributed by atoms with Crippen LogP contribution in [0.15, 0.2) is 36.4 Å². The van der Waals surface area contributed by atoms with Crippen molar-refractivity contribution in [1.29, 1.82) is 0 Å². The SMILES string of the molecule is CC(N)Cc1cc(Cl)ccc1OCc1cc(Cl)ccc1Cl. The Morgan fingerprint density at radius 2 is 1.62 bits per heavy atom. The largest absolute Gasteiger partial charge is 0.489 e. The second kappa shape index (κ2) is 7.37. The number of rotatable bonds is 5. The normalized spacial score (nSPS) is 12.2. The molecule has 0 amide bonds. The zero-order valence-corrected chi connectivity index (χ0v) is 13.8. The van der Waals surface area contributed by atoms with Crippen molar-refractivity contribution in [3.05, 3.63) is 62.6 Å². The fourth-order valence-corrected chi connectivity index (χ4v) is 2.57. The molecule has 0 aliphatic carbocycles. The van der Waals surface area contributed by atoms with Gasteiger partial charge in [0.05, 0.1) is 0 Å². The predicted octanol–water partition coefficient (Wildman–Crippen LogP) is 5.12. The summed E-state index contributed by atoms with van der Waals surface area (Å²) in [6, 6.07) is 10.8. The smallest absolute Gasteiger partial charge is 0.123 e. The number of nitrogens with two attached hydrogens (primary N) is 1. The fourth-order valence-electron chi connectivity index (χ4n) is 2.00. The van der Waals surface area contributed by atoms with Crippen molar-refractivity contribution in [3.8, 4) is 5.75 Å². The Labute approximate surface area is 139 Å². The van der Waals surface area contributed by atoms with Crippen LogP contribution in [-0.4, -0.2) is 6.04 Å². The first-order valence-electron chi connectivity index (χ1n) is 6.56. The second-order valence-electron chi connectivity index (χ2n) is 4.96. The third kappa shape index (κ3) is 4.79. The minimum absolute atomic E-state index is 0.0283. The molecule has 0 radical (unpaired) electrons. The van der Waals surface area contributed by atoms with E-state index in [0.29, 0.717) is 28.1 Å². The molecule has 0 aliphatic heterocycles. The van der Waals surface area contributed by atoms with E-state index >= 15 is 0 Å². The van der Waals surface area contributed by atoms with Crippen LogP contribution in [-0.2, 0) is 13.0 Å². The van der Waals surface area contributed by atoms with Crippen LogP contribution < -0.4 is 10.5 Å². The third-order valence-electron chi connectivity index (χ3n) is 2.96. The molecule has 0 spiro atoms. The molecule has 21 heavy (non-hydrogen) atoms. The lowest BCUT2D eigenvalue weighted by Crippen LogP contribution is -2.18. The van der Waals surface area contributed by atoms with E-state index in [1.165, 1.54) is 0 Å². The van der Waals surface area contributed by atoms with Crippen molar-refractivity contribution in [2.24, 2.45) is 5.73 Å². The van der Waals surface area contributed by atoms with Gasteiger partial charge in [-0.3, -0.25) is 0 Å². The molecule has 0 saturated carbocycles. The van der Waals surface area contributed by atoms with E-state index in [0.717, 1.165) is 16.9 Å². The van der Waals surface area contributed by atoms with Crippen molar-refractivity contribution >= 4 is 34.8 Å². The molecule has 1 unspecified atom stereocenters. The zero-order chi connectivity index (χ0) is 15.4. The molecule has 0 saturated heterocycles. The molecule has 0 fully saturated rings. The van der Waals surface area contributed by atoms with Crippen LogP contribution in [0, 0.1) is 0 Å². The van der Waals surface area contributed by atoms with Gasteiger partial charge in [-0.1, -0.05) is 34.8 Å². The quantitative estimate of drug-likeness (QED) is 0.817. The van der Waals surface area contributed by atoms with E-state index in [4.69, 9.17) is 45.3 Å². The van der Waals surface area contributed by atoms with Gasteiger partial charge in [-0.25, -0.2) is 0 Å². The molecule has 112 valence electrons. The lowest BCUT2D eigenvalue weighted by atomic mass is 10.1. The average molecular weight is 345 g/mol. The first kappa shape index (κ1) is 16.4. The van der Waals surface area contributed by atoms with Gasteiger partial charge in [-0.15, -0.1) is 0 Å². The summed E-state index contributed by atoms with van der Waals surface area (Å²) in [7, 11) is 0. The Morgan fingerprint density at radius 3 is 2.29 bits per heavy atom. The van der Waals surface area contributed by atoms with E-state index < -0.39 is 0 Å². The lowest BCUT2D eigenvalue weighted by Gasteiger charge is -2.14. The molecule has 0 aromatic heterocycles. The number of halogens is 3. The Morgan fingerprint density at radius 1 is 1.00 bits per heavy atom. The highest BCUT2D eigenvalue weighted by molar-refractivity contribution is 6.33. The Balaban J connectivity index is 2.17. The summed E-state index contributed by atoms with van der Waals surface area (Å²) < 4.78 is 5.86. The molecule has 2 rings (SSSR count). The average Bonchev–Trinajstić information content (AvgIpc) is 2.41. The Hall–Kier alpha value is -0.930. The summed E-state index contributed by atoms with van der Waals surface area (Å²) in [6.07, 6.45) is 0.694. The van der Waals surface area contributed by atoms with Gasteiger partial charge < -0.3 is 10.5 Å². The molecular formula is C16H16Cl3NO. The number of hydrogen-bond donors (Lipinski definition) is 1. The van der Waals surface area contributed by atoms with Crippen LogP contribution in [0.4, 0.5) is 0 Å². The van der Waals surface area contributed by atoms with E-state index in [1.54, 1.807) is 24.3 Å². The molecule has 5 heteroatoms. The molecule has 1 atom stereocenters. The van der Waals surface area contributed by atoms with Gasteiger partial charge in [-0.05, 0) is 55.3 Å². The van der Waals surface area contributed by atoms with E-state index in [9.17, 15) is 0 Å². The van der Waals surface area contributed by atoms with Gasteiger partial charge in [0.15, 0.2) is 0 Å². The molecule has 0 bridgehead atoms. The molecular weight excluding hydrogens is 329 g/mol. The first-order valence-corrected chi connectivity index (χ1v) is 7.70. The van der Waals surface area contributed by atoms with Crippen molar-refractivity contribution in [2.75, 3.05) is 0 Å². The molecule has 2 N–H and O–H groups in total. The number of benzene rings is 2.